The van der Waals surface area contributed by atoms with Crippen molar-refractivity contribution in [3.8, 4) is 6.07 Å². The lowest BCUT2D eigenvalue weighted by Gasteiger charge is -2.49. The van der Waals surface area contributed by atoms with Crippen LogP contribution in [-0.4, -0.2) is 23.5 Å². The van der Waals surface area contributed by atoms with Gasteiger partial charge in [-0.1, -0.05) is 12.1 Å². The smallest absolute Gasteiger partial charge is 0.245 e. The highest BCUT2D eigenvalue weighted by Gasteiger charge is 2.44. The number of amides is 1. The SMILES string of the molecule is CC1(C)CN(c2ccccc2C#N)C(C)(C)C(=O)N1. The molecule has 0 unspecified atom stereocenters. The zero-order valence-electron chi connectivity index (χ0n) is 11.8. The van der Waals surface area contributed by atoms with Gasteiger partial charge in [0, 0.05) is 6.54 Å². The maximum atomic E-state index is 12.3. The van der Waals surface area contributed by atoms with Gasteiger partial charge in [0.2, 0.25) is 5.91 Å². The van der Waals surface area contributed by atoms with Gasteiger partial charge < -0.3 is 10.2 Å². The molecule has 0 radical (unpaired) electrons. The van der Waals surface area contributed by atoms with Crippen LogP contribution in [0, 0.1) is 11.3 Å². The second-order valence-electron chi connectivity index (χ2n) is 6.11. The number of hydrogen-bond acceptors (Lipinski definition) is 3. The van der Waals surface area contributed by atoms with Crippen molar-refractivity contribution in [3.63, 3.8) is 0 Å². The van der Waals surface area contributed by atoms with Crippen molar-refractivity contribution in [2.24, 2.45) is 0 Å². The lowest BCUT2D eigenvalue weighted by atomic mass is 9.89. The summed E-state index contributed by atoms with van der Waals surface area (Å²) in [6.45, 7) is 8.41. The fourth-order valence-electron chi connectivity index (χ4n) is 2.41. The summed E-state index contributed by atoms with van der Waals surface area (Å²) in [6.07, 6.45) is 0. The van der Waals surface area contributed by atoms with Crippen LogP contribution >= 0.6 is 0 Å². The summed E-state index contributed by atoms with van der Waals surface area (Å²) >= 11 is 0. The number of hydrogen-bond donors (Lipinski definition) is 1. The zero-order valence-corrected chi connectivity index (χ0v) is 11.8. The molecular weight excluding hydrogens is 238 g/mol. The molecule has 1 amide bonds. The van der Waals surface area contributed by atoms with Gasteiger partial charge in [0.05, 0.1) is 16.8 Å². The third kappa shape index (κ3) is 2.28. The highest BCUT2D eigenvalue weighted by molar-refractivity contribution is 5.91. The number of carbonyl (C=O) groups excluding carboxylic acids is 1. The molecule has 1 N–H and O–H groups in total. The summed E-state index contributed by atoms with van der Waals surface area (Å²) in [5.74, 6) is -0.0171. The van der Waals surface area contributed by atoms with Crippen molar-refractivity contribution in [2.45, 2.75) is 38.8 Å². The summed E-state index contributed by atoms with van der Waals surface area (Å²) in [5.41, 5.74) is 0.441. The third-order valence-corrected chi connectivity index (χ3v) is 3.55. The monoisotopic (exact) mass is 257 g/mol. The largest absolute Gasteiger partial charge is 0.354 e. The molecule has 100 valence electrons. The Morgan fingerprint density at radius 3 is 2.53 bits per heavy atom. The first-order chi connectivity index (χ1) is 8.78. The van der Waals surface area contributed by atoms with E-state index in [0.29, 0.717) is 12.1 Å². The average molecular weight is 257 g/mol. The van der Waals surface area contributed by atoms with E-state index in [-0.39, 0.29) is 11.4 Å². The molecule has 1 saturated heterocycles. The van der Waals surface area contributed by atoms with Crippen molar-refractivity contribution >= 4 is 11.6 Å². The molecule has 0 spiro atoms. The van der Waals surface area contributed by atoms with Crippen LogP contribution in [0.4, 0.5) is 5.69 Å². The molecular formula is C15H19N3O. The second kappa shape index (κ2) is 4.27. The second-order valence-corrected chi connectivity index (χ2v) is 6.11. The third-order valence-electron chi connectivity index (χ3n) is 3.55. The first-order valence-electron chi connectivity index (χ1n) is 6.37. The van der Waals surface area contributed by atoms with Crippen LogP contribution < -0.4 is 10.2 Å². The molecule has 1 aliphatic rings. The van der Waals surface area contributed by atoms with Gasteiger partial charge >= 0.3 is 0 Å². The highest BCUT2D eigenvalue weighted by Crippen LogP contribution is 2.32. The molecule has 1 fully saturated rings. The molecule has 0 saturated carbocycles. The minimum absolute atomic E-state index is 0.0171. The average Bonchev–Trinajstić information content (AvgIpc) is 2.34. The Morgan fingerprint density at radius 2 is 1.89 bits per heavy atom. The zero-order chi connectivity index (χ0) is 14.3. The fourth-order valence-corrected chi connectivity index (χ4v) is 2.41. The van der Waals surface area contributed by atoms with Crippen LogP contribution in [0.5, 0.6) is 0 Å². The fraction of sp³-hybridized carbons (Fsp3) is 0.467. The van der Waals surface area contributed by atoms with Gasteiger partial charge in [-0.2, -0.15) is 5.26 Å². The van der Waals surface area contributed by atoms with E-state index < -0.39 is 5.54 Å². The molecule has 2 rings (SSSR count). The molecule has 0 aliphatic carbocycles. The Morgan fingerprint density at radius 1 is 1.26 bits per heavy atom. The topological polar surface area (TPSA) is 56.1 Å². The van der Waals surface area contributed by atoms with Gasteiger partial charge in [0.15, 0.2) is 0 Å². The summed E-state index contributed by atoms with van der Waals surface area (Å²) in [7, 11) is 0. The number of nitrogens with one attached hydrogen (secondary N) is 1. The van der Waals surface area contributed by atoms with Crippen LogP contribution in [0.25, 0.3) is 0 Å². The molecule has 4 heteroatoms. The number of nitriles is 1. The highest BCUT2D eigenvalue weighted by atomic mass is 16.2. The van der Waals surface area contributed by atoms with E-state index in [1.807, 2.05) is 50.8 Å². The van der Waals surface area contributed by atoms with E-state index in [0.717, 1.165) is 5.69 Å². The number of para-hydroxylation sites is 1. The summed E-state index contributed by atoms with van der Waals surface area (Å²) in [5, 5.41) is 12.3. The van der Waals surface area contributed by atoms with E-state index in [9.17, 15) is 10.1 Å². The Labute approximate surface area is 114 Å². The number of rotatable bonds is 1. The molecule has 1 aliphatic heterocycles. The first kappa shape index (κ1) is 13.4. The Balaban J connectivity index is 2.52. The number of nitrogens with zero attached hydrogens (tertiary/aromatic N) is 2. The molecule has 1 aromatic carbocycles. The number of carbonyl (C=O) groups is 1. The Bertz CT molecular complexity index is 555. The number of anilines is 1. The van der Waals surface area contributed by atoms with Gasteiger partial charge in [-0.05, 0) is 39.8 Å². The normalized spacial score (nSPS) is 20.6. The van der Waals surface area contributed by atoms with Gasteiger partial charge in [-0.25, -0.2) is 0 Å². The Kier molecular flexibility index (Phi) is 3.01. The molecule has 0 bridgehead atoms. The van der Waals surface area contributed by atoms with Crippen molar-refractivity contribution in [1.29, 1.82) is 5.26 Å². The van der Waals surface area contributed by atoms with Crippen LogP contribution in [0.2, 0.25) is 0 Å². The number of benzene rings is 1. The van der Waals surface area contributed by atoms with Gasteiger partial charge in [-0.15, -0.1) is 0 Å². The number of piperazine rings is 1. The predicted molar refractivity (Wildman–Crippen MR) is 74.8 cm³/mol. The van der Waals surface area contributed by atoms with Gasteiger partial charge in [-0.3, -0.25) is 4.79 Å². The van der Waals surface area contributed by atoms with Crippen LogP contribution in [0.15, 0.2) is 24.3 Å². The van der Waals surface area contributed by atoms with Crippen LogP contribution in [-0.2, 0) is 4.79 Å². The molecule has 19 heavy (non-hydrogen) atoms. The molecule has 0 aromatic heterocycles. The van der Waals surface area contributed by atoms with E-state index in [1.165, 1.54) is 0 Å². The standard InChI is InChI=1S/C15H19N3O/c1-14(2)10-18(15(3,4)13(19)17-14)12-8-6-5-7-11(12)9-16/h5-8H,10H2,1-4H3,(H,17,19). The minimum atomic E-state index is -0.664. The van der Waals surface area contributed by atoms with Crippen molar-refractivity contribution in [2.75, 3.05) is 11.4 Å². The van der Waals surface area contributed by atoms with E-state index in [1.54, 1.807) is 6.07 Å². The molecule has 1 heterocycles. The van der Waals surface area contributed by atoms with Gasteiger partial charge in [0.25, 0.3) is 0 Å². The minimum Gasteiger partial charge on any atom is -0.354 e. The summed E-state index contributed by atoms with van der Waals surface area (Å²) in [4.78, 5) is 14.3. The quantitative estimate of drug-likeness (QED) is 0.837. The van der Waals surface area contributed by atoms with E-state index in [2.05, 4.69) is 11.4 Å². The van der Waals surface area contributed by atoms with Crippen molar-refractivity contribution in [3.05, 3.63) is 29.8 Å². The summed E-state index contributed by atoms with van der Waals surface area (Å²) in [6, 6.07) is 9.61. The van der Waals surface area contributed by atoms with Crippen molar-refractivity contribution < 1.29 is 4.79 Å². The van der Waals surface area contributed by atoms with Crippen LogP contribution in [0.3, 0.4) is 0 Å². The van der Waals surface area contributed by atoms with E-state index >= 15 is 0 Å². The predicted octanol–water partition coefficient (Wildman–Crippen LogP) is 2.05. The van der Waals surface area contributed by atoms with E-state index in [4.69, 9.17) is 0 Å². The maximum absolute atomic E-state index is 12.3. The van der Waals surface area contributed by atoms with Crippen LogP contribution in [0.1, 0.15) is 33.3 Å². The molecule has 4 nitrogen and oxygen atoms in total. The molecule has 0 atom stereocenters. The molecule has 1 aromatic rings. The van der Waals surface area contributed by atoms with Crippen molar-refractivity contribution in [1.82, 2.24) is 5.32 Å². The lowest BCUT2D eigenvalue weighted by Crippen LogP contribution is -2.69. The Hall–Kier alpha value is -2.02. The first-order valence-corrected chi connectivity index (χ1v) is 6.37. The summed E-state index contributed by atoms with van der Waals surface area (Å²) < 4.78 is 0. The van der Waals surface area contributed by atoms with Gasteiger partial charge in [0.1, 0.15) is 11.6 Å². The maximum Gasteiger partial charge on any atom is 0.245 e. The lowest BCUT2D eigenvalue weighted by molar-refractivity contribution is -0.128.